The summed E-state index contributed by atoms with van der Waals surface area (Å²) in [6, 6.07) is 91.5. The summed E-state index contributed by atoms with van der Waals surface area (Å²) in [6.07, 6.45) is 0. The Bertz CT molecular complexity index is 3930. The van der Waals surface area contributed by atoms with E-state index in [-0.39, 0.29) is 0 Å². The lowest BCUT2D eigenvalue weighted by Gasteiger charge is -2.26. The number of aromatic nitrogens is 1. The van der Waals surface area contributed by atoms with E-state index < -0.39 is 0 Å². The highest BCUT2D eigenvalue weighted by Crippen LogP contribution is 2.48. The van der Waals surface area contributed by atoms with Crippen LogP contribution < -0.4 is 4.90 Å². The minimum absolute atomic E-state index is 0.890. The van der Waals surface area contributed by atoms with Crippen LogP contribution in [0.2, 0.25) is 0 Å². The molecule has 2 aromatic heterocycles. The molecule has 0 N–H and O–H groups in total. The SMILES string of the molecule is c1ccc(-c2oc3c4ccc(-c5ccc(N(c6ccccc6)c6ccc(-c7ccc8c(c7)c7ccccc7n8-c7ccccc7)cc6)cc5)cc4c4ccccc4c3c2-c2ccccc2)cc1. The zero-order valence-electron chi connectivity index (χ0n) is 36.6. The Morgan fingerprint density at radius 3 is 1.43 bits per heavy atom. The largest absolute Gasteiger partial charge is 0.455 e. The Kier molecular flexibility index (Phi) is 9.17. The normalized spacial score (nSPS) is 11.6. The third-order valence-corrected chi connectivity index (χ3v) is 13.4. The van der Waals surface area contributed by atoms with Gasteiger partial charge in [-0.05, 0) is 123 Å². The minimum atomic E-state index is 0.890. The van der Waals surface area contributed by atoms with Gasteiger partial charge in [0.1, 0.15) is 11.3 Å². The Balaban J connectivity index is 0.874. The van der Waals surface area contributed by atoms with E-state index in [4.69, 9.17) is 4.42 Å². The molecule has 0 radical (unpaired) electrons. The summed E-state index contributed by atoms with van der Waals surface area (Å²) in [4.78, 5) is 2.33. The number of furan rings is 1. The second kappa shape index (κ2) is 16.0. The maximum atomic E-state index is 7.01. The van der Waals surface area contributed by atoms with Crippen molar-refractivity contribution in [3.8, 4) is 50.4 Å². The number of para-hydroxylation sites is 3. The molecule has 0 aliphatic rings. The molecule has 0 amide bonds. The maximum absolute atomic E-state index is 7.01. The van der Waals surface area contributed by atoms with Crippen molar-refractivity contribution in [1.29, 1.82) is 0 Å². The van der Waals surface area contributed by atoms with E-state index in [2.05, 4.69) is 264 Å². The summed E-state index contributed by atoms with van der Waals surface area (Å²) < 4.78 is 9.37. The third-order valence-electron chi connectivity index (χ3n) is 13.4. The smallest absolute Gasteiger partial charge is 0.143 e. The standard InChI is InChI=1S/C64H42N2O/c1-5-17-45(18-6-1)61-62-55-27-14-13-25-53(55)57-41-47(33-39-56(57)64(62)67-63(61)46-19-7-2-8-20-46)43-29-35-51(36-30-43)65(49-21-9-3-10-22-49)52-37-31-44(32-38-52)48-34-40-60-58(42-48)54-26-15-16-28-59(54)66(60)50-23-11-4-12-24-50/h1-42H. The van der Waals surface area contributed by atoms with E-state index in [1.165, 1.54) is 49.1 Å². The molecule has 13 rings (SSSR count). The molecule has 11 aromatic carbocycles. The fourth-order valence-electron chi connectivity index (χ4n) is 10.3. The van der Waals surface area contributed by atoms with Crippen LogP contribution in [-0.4, -0.2) is 4.57 Å². The molecule has 0 spiro atoms. The summed E-state index contributed by atoms with van der Waals surface area (Å²) in [5.74, 6) is 0.890. The molecule has 13 aromatic rings. The number of anilines is 3. The number of benzene rings is 11. The van der Waals surface area contributed by atoms with Crippen LogP contribution in [0, 0.1) is 0 Å². The van der Waals surface area contributed by atoms with Gasteiger partial charge < -0.3 is 13.9 Å². The topological polar surface area (TPSA) is 21.3 Å². The highest BCUT2D eigenvalue weighted by Gasteiger charge is 2.23. The van der Waals surface area contributed by atoms with Gasteiger partial charge >= 0.3 is 0 Å². The lowest BCUT2D eigenvalue weighted by molar-refractivity contribution is 0.636. The molecule has 3 heteroatoms. The quantitative estimate of drug-likeness (QED) is 0.142. The summed E-state index contributed by atoms with van der Waals surface area (Å²) in [5.41, 5.74) is 15.8. The Morgan fingerprint density at radius 1 is 0.299 bits per heavy atom. The zero-order valence-corrected chi connectivity index (χ0v) is 36.6. The summed E-state index contributed by atoms with van der Waals surface area (Å²) in [7, 11) is 0. The van der Waals surface area contributed by atoms with Crippen LogP contribution >= 0.6 is 0 Å². The van der Waals surface area contributed by atoms with Gasteiger partial charge in [0.15, 0.2) is 0 Å². The molecule has 0 bridgehead atoms. The van der Waals surface area contributed by atoms with Crippen molar-refractivity contribution in [2.45, 2.75) is 0 Å². The van der Waals surface area contributed by atoms with Crippen LogP contribution in [0.1, 0.15) is 0 Å². The predicted octanol–water partition coefficient (Wildman–Crippen LogP) is 18.0. The van der Waals surface area contributed by atoms with Crippen LogP contribution in [0.15, 0.2) is 259 Å². The molecule has 2 heterocycles. The maximum Gasteiger partial charge on any atom is 0.143 e. The number of hydrogen-bond donors (Lipinski definition) is 0. The van der Waals surface area contributed by atoms with Crippen molar-refractivity contribution >= 4 is 71.4 Å². The van der Waals surface area contributed by atoms with Gasteiger partial charge in [0.05, 0.1) is 11.0 Å². The van der Waals surface area contributed by atoms with Crippen molar-refractivity contribution in [2.75, 3.05) is 4.90 Å². The molecule has 0 aliphatic carbocycles. The van der Waals surface area contributed by atoms with Gasteiger partial charge in [-0.15, -0.1) is 0 Å². The summed E-state index contributed by atoms with van der Waals surface area (Å²) in [6.45, 7) is 0. The first-order valence-electron chi connectivity index (χ1n) is 22.9. The molecule has 314 valence electrons. The van der Waals surface area contributed by atoms with Gasteiger partial charge in [0.25, 0.3) is 0 Å². The highest BCUT2D eigenvalue weighted by molar-refractivity contribution is 6.29. The van der Waals surface area contributed by atoms with E-state index in [9.17, 15) is 0 Å². The van der Waals surface area contributed by atoms with E-state index >= 15 is 0 Å². The monoisotopic (exact) mass is 854 g/mol. The first kappa shape index (κ1) is 38.5. The van der Waals surface area contributed by atoms with Crippen molar-refractivity contribution in [1.82, 2.24) is 4.57 Å². The zero-order chi connectivity index (χ0) is 44.3. The molecular formula is C64H42N2O. The van der Waals surface area contributed by atoms with Gasteiger partial charge in [0, 0.05) is 55.4 Å². The summed E-state index contributed by atoms with van der Waals surface area (Å²) in [5, 5.41) is 8.31. The second-order valence-electron chi connectivity index (χ2n) is 17.2. The van der Waals surface area contributed by atoms with Crippen LogP contribution in [0.3, 0.4) is 0 Å². The van der Waals surface area contributed by atoms with E-state index in [0.717, 1.165) is 72.7 Å². The van der Waals surface area contributed by atoms with Crippen LogP contribution in [-0.2, 0) is 0 Å². The van der Waals surface area contributed by atoms with E-state index in [1.54, 1.807) is 0 Å². The first-order valence-corrected chi connectivity index (χ1v) is 22.9. The molecular weight excluding hydrogens is 813 g/mol. The molecule has 0 unspecified atom stereocenters. The minimum Gasteiger partial charge on any atom is -0.455 e. The average Bonchev–Trinajstić information content (AvgIpc) is 3.97. The number of rotatable bonds is 8. The van der Waals surface area contributed by atoms with Crippen molar-refractivity contribution in [3.63, 3.8) is 0 Å². The number of hydrogen-bond acceptors (Lipinski definition) is 2. The Hall–Kier alpha value is -8.92. The van der Waals surface area contributed by atoms with Crippen molar-refractivity contribution < 1.29 is 4.42 Å². The van der Waals surface area contributed by atoms with Gasteiger partial charge in [0.2, 0.25) is 0 Å². The number of nitrogens with zero attached hydrogens (tertiary/aromatic N) is 2. The lowest BCUT2D eigenvalue weighted by atomic mass is 9.91. The van der Waals surface area contributed by atoms with Crippen LogP contribution in [0.4, 0.5) is 17.1 Å². The van der Waals surface area contributed by atoms with Crippen molar-refractivity contribution in [3.05, 3.63) is 255 Å². The molecule has 67 heavy (non-hydrogen) atoms. The second-order valence-corrected chi connectivity index (χ2v) is 17.2. The average molecular weight is 855 g/mol. The van der Waals surface area contributed by atoms with E-state index in [1.807, 2.05) is 0 Å². The van der Waals surface area contributed by atoms with Crippen LogP contribution in [0.5, 0.6) is 0 Å². The predicted molar refractivity (Wildman–Crippen MR) is 282 cm³/mol. The molecule has 0 atom stereocenters. The molecule has 0 saturated carbocycles. The van der Waals surface area contributed by atoms with Gasteiger partial charge in [-0.25, -0.2) is 0 Å². The first-order chi connectivity index (χ1) is 33.2. The summed E-state index contributed by atoms with van der Waals surface area (Å²) >= 11 is 0. The van der Waals surface area contributed by atoms with Gasteiger partial charge in [-0.3, -0.25) is 0 Å². The fraction of sp³-hybridized carbons (Fsp3) is 0. The Labute approximate surface area is 388 Å². The molecule has 3 nitrogen and oxygen atoms in total. The van der Waals surface area contributed by atoms with Crippen LogP contribution in [0.25, 0.3) is 105 Å². The lowest BCUT2D eigenvalue weighted by Crippen LogP contribution is -2.09. The number of fused-ring (bicyclic) bond motifs is 9. The molecule has 0 saturated heterocycles. The Morgan fingerprint density at radius 2 is 0.776 bits per heavy atom. The third kappa shape index (κ3) is 6.51. The van der Waals surface area contributed by atoms with Gasteiger partial charge in [-0.2, -0.15) is 0 Å². The van der Waals surface area contributed by atoms with Crippen molar-refractivity contribution in [2.24, 2.45) is 0 Å². The molecule has 0 fully saturated rings. The van der Waals surface area contributed by atoms with E-state index in [0.29, 0.717) is 0 Å². The fourth-order valence-corrected chi connectivity index (χ4v) is 10.3. The highest BCUT2D eigenvalue weighted by atomic mass is 16.3. The van der Waals surface area contributed by atoms with Gasteiger partial charge in [-0.1, -0.05) is 176 Å². The molecule has 0 aliphatic heterocycles.